The molecule has 0 bridgehead atoms. The van der Waals surface area contributed by atoms with Crippen molar-refractivity contribution in [3.05, 3.63) is 53.9 Å². The van der Waals surface area contributed by atoms with E-state index in [1.807, 2.05) is 57.5 Å². The lowest BCUT2D eigenvalue weighted by atomic mass is 9.95. The van der Waals surface area contributed by atoms with Gasteiger partial charge in [-0.05, 0) is 12.0 Å². The second kappa shape index (κ2) is 6.37. The zero-order valence-corrected chi connectivity index (χ0v) is 12.3. The molecule has 0 saturated heterocycles. The summed E-state index contributed by atoms with van der Waals surface area (Å²) in [5, 5.41) is 4.13. The highest BCUT2D eigenvalue weighted by atomic mass is 16.2. The van der Waals surface area contributed by atoms with Gasteiger partial charge in [0.15, 0.2) is 0 Å². The predicted octanol–water partition coefficient (Wildman–Crippen LogP) is 2.57. The normalized spacial score (nSPS) is 12.2. The Morgan fingerprint density at radius 3 is 2.60 bits per heavy atom. The van der Waals surface area contributed by atoms with Crippen LogP contribution in [0.3, 0.4) is 0 Å². The van der Waals surface area contributed by atoms with Crippen LogP contribution in [-0.2, 0) is 18.4 Å². The smallest absolute Gasteiger partial charge is 0.230 e. The first-order valence-electron chi connectivity index (χ1n) is 6.89. The van der Waals surface area contributed by atoms with Gasteiger partial charge in [0.1, 0.15) is 0 Å². The fourth-order valence-electron chi connectivity index (χ4n) is 2.41. The molecule has 4 heteroatoms. The molecule has 20 heavy (non-hydrogen) atoms. The number of hydrogen-bond donors (Lipinski definition) is 0. The minimum Gasteiger partial charge on any atom is -0.341 e. The van der Waals surface area contributed by atoms with Gasteiger partial charge in [-0.1, -0.05) is 37.3 Å². The van der Waals surface area contributed by atoms with E-state index in [1.165, 1.54) is 0 Å². The van der Waals surface area contributed by atoms with Gasteiger partial charge >= 0.3 is 0 Å². The van der Waals surface area contributed by atoms with Gasteiger partial charge in [0, 0.05) is 32.4 Å². The molecule has 1 aromatic heterocycles. The van der Waals surface area contributed by atoms with Gasteiger partial charge in [0.2, 0.25) is 5.91 Å². The van der Waals surface area contributed by atoms with Crippen LogP contribution in [0.1, 0.15) is 30.4 Å². The van der Waals surface area contributed by atoms with Crippen LogP contribution in [0.25, 0.3) is 0 Å². The maximum absolute atomic E-state index is 12.6. The van der Waals surface area contributed by atoms with Crippen molar-refractivity contribution < 1.29 is 4.79 Å². The Labute approximate surface area is 120 Å². The Hall–Kier alpha value is -2.10. The second-order valence-corrected chi connectivity index (χ2v) is 5.09. The average molecular weight is 271 g/mol. The number of carbonyl (C=O) groups excluding carboxylic acids is 1. The molecule has 0 aliphatic rings. The summed E-state index contributed by atoms with van der Waals surface area (Å²) in [6.07, 6.45) is 4.54. The monoisotopic (exact) mass is 271 g/mol. The summed E-state index contributed by atoms with van der Waals surface area (Å²) in [6.45, 7) is 2.64. The molecule has 0 fully saturated rings. The van der Waals surface area contributed by atoms with E-state index < -0.39 is 0 Å². The van der Waals surface area contributed by atoms with Gasteiger partial charge in [0.05, 0.1) is 12.1 Å². The molecule has 1 atom stereocenters. The van der Waals surface area contributed by atoms with Crippen LogP contribution < -0.4 is 0 Å². The summed E-state index contributed by atoms with van der Waals surface area (Å²) < 4.78 is 1.75. The number of likely N-dealkylation sites (N-methyl/N-ethyl adjacent to an activating group) is 1. The largest absolute Gasteiger partial charge is 0.341 e. The van der Waals surface area contributed by atoms with E-state index >= 15 is 0 Å². The number of benzene rings is 1. The lowest BCUT2D eigenvalue weighted by Gasteiger charge is -2.23. The van der Waals surface area contributed by atoms with Gasteiger partial charge in [0.25, 0.3) is 0 Å². The van der Waals surface area contributed by atoms with Crippen molar-refractivity contribution in [1.29, 1.82) is 0 Å². The molecule has 1 amide bonds. The van der Waals surface area contributed by atoms with Gasteiger partial charge in [-0.25, -0.2) is 0 Å². The van der Waals surface area contributed by atoms with Crippen LogP contribution in [-0.4, -0.2) is 27.6 Å². The van der Waals surface area contributed by atoms with E-state index in [0.717, 1.165) is 17.5 Å². The molecule has 0 aliphatic heterocycles. The summed E-state index contributed by atoms with van der Waals surface area (Å²) >= 11 is 0. The Balaban J connectivity index is 2.08. The van der Waals surface area contributed by atoms with Crippen LogP contribution >= 0.6 is 0 Å². The van der Waals surface area contributed by atoms with E-state index in [1.54, 1.807) is 15.8 Å². The molecule has 0 N–H and O–H groups in total. The van der Waals surface area contributed by atoms with Crippen LogP contribution in [0.2, 0.25) is 0 Å². The standard InChI is InChI=1S/C16H21N3O/c1-4-15(14-8-6-5-7-9-14)16(20)18(2)11-13-10-17-19(3)12-13/h5-10,12,15H,4,11H2,1-3H3. The summed E-state index contributed by atoms with van der Waals surface area (Å²) in [5.41, 5.74) is 2.13. The highest BCUT2D eigenvalue weighted by Gasteiger charge is 2.22. The van der Waals surface area contributed by atoms with Crippen molar-refractivity contribution >= 4 is 5.91 Å². The Bertz CT molecular complexity index is 562. The van der Waals surface area contributed by atoms with Gasteiger partial charge in [-0.3, -0.25) is 9.48 Å². The topological polar surface area (TPSA) is 38.1 Å². The maximum atomic E-state index is 12.6. The molecular formula is C16H21N3O. The van der Waals surface area contributed by atoms with Crippen molar-refractivity contribution in [1.82, 2.24) is 14.7 Å². The van der Waals surface area contributed by atoms with Gasteiger partial charge in [-0.2, -0.15) is 5.10 Å². The summed E-state index contributed by atoms with van der Waals surface area (Å²) in [7, 11) is 3.73. The summed E-state index contributed by atoms with van der Waals surface area (Å²) in [6, 6.07) is 9.97. The molecule has 1 heterocycles. The van der Waals surface area contributed by atoms with Crippen LogP contribution in [0.5, 0.6) is 0 Å². The first-order valence-corrected chi connectivity index (χ1v) is 6.89. The third-order valence-corrected chi connectivity index (χ3v) is 3.46. The van der Waals surface area contributed by atoms with Gasteiger partial charge < -0.3 is 4.90 Å². The molecule has 1 unspecified atom stereocenters. The summed E-state index contributed by atoms with van der Waals surface area (Å²) in [5.74, 6) is 0.0837. The fraction of sp³-hybridized carbons (Fsp3) is 0.375. The lowest BCUT2D eigenvalue weighted by molar-refractivity contribution is -0.132. The van der Waals surface area contributed by atoms with Crippen molar-refractivity contribution in [2.75, 3.05) is 7.05 Å². The van der Waals surface area contributed by atoms with Crippen molar-refractivity contribution in [3.63, 3.8) is 0 Å². The number of rotatable bonds is 5. The minimum atomic E-state index is -0.0714. The predicted molar refractivity (Wildman–Crippen MR) is 79.2 cm³/mol. The number of amides is 1. The third kappa shape index (κ3) is 3.26. The highest BCUT2D eigenvalue weighted by Crippen LogP contribution is 2.22. The number of carbonyl (C=O) groups is 1. The van der Waals surface area contributed by atoms with E-state index in [4.69, 9.17) is 0 Å². The Morgan fingerprint density at radius 1 is 1.35 bits per heavy atom. The Morgan fingerprint density at radius 2 is 2.05 bits per heavy atom. The SMILES string of the molecule is CCC(C(=O)N(C)Cc1cnn(C)c1)c1ccccc1. The molecular weight excluding hydrogens is 250 g/mol. The molecule has 4 nitrogen and oxygen atoms in total. The lowest BCUT2D eigenvalue weighted by Crippen LogP contribution is -2.31. The van der Waals surface area contributed by atoms with Crippen molar-refractivity contribution in [2.45, 2.75) is 25.8 Å². The molecule has 0 spiro atoms. The van der Waals surface area contributed by atoms with Crippen molar-refractivity contribution in [3.8, 4) is 0 Å². The van der Waals surface area contributed by atoms with E-state index in [9.17, 15) is 4.79 Å². The third-order valence-electron chi connectivity index (χ3n) is 3.46. The maximum Gasteiger partial charge on any atom is 0.230 e. The number of aryl methyl sites for hydroxylation is 1. The van der Waals surface area contributed by atoms with E-state index in [2.05, 4.69) is 5.10 Å². The molecule has 106 valence electrons. The first kappa shape index (κ1) is 14.3. The van der Waals surface area contributed by atoms with Crippen LogP contribution in [0, 0.1) is 0 Å². The fourth-order valence-corrected chi connectivity index (χ4v) is 2.41. The van der Waals surface area contributed by atoms with Crippen LogP contribution in [0.4, 0.5) is 0 Å². The number of nitrogens with zero attached hydrogens (tertiary/aromatic N) is 3. The Kier molecular flexibility index (Phi) is 4.56. The van der Waals surface area contributed by atoms with Gasteiger partial charge in [-0.15, -0.1) is 0 Å². The molecule has 0 radical (unpaired) electrons. The number of hydrogen-bond acceptors (Lipinski definition) is 2. The summed E-state index contributed by atoms with van der Waals surface area (Å²) in [4.78, 5) is 14.4. The zero-order chi connectivity index (χ0) is 14.5. The van der Waals surface area contributed by atoms with Crippen molar-refractivity contribution in [2.24, 2.45) is 7.05 Å². The molecule has 1 aromatic carbocycles. The van der Waals surface area contributed by atoms with E-state index in [0.29, 0.717) is 6.54 Å². The minimum absolute atomic E-state index is 0.0714. The first-order chi connectivity index (χ1) is 9.61. The van der Waals surface area contributed by atoms with E-state index in [-0.39, 0.29) is 11.8 Å². The second-order valence-electron chi connectivity index (χ2n) is 5.09. The number of aromatic nitrogens is 2. The quantitative estimate of drug-likeness (QED) is 0.838. The average Bonchev–Trinajstić information content (AvgIpc) is 2.86. The molecule has 2 rings (SSSR count). The zero-order valence-electron chi connectivity index (χ0n) is 12.3. The molecule has 0 saturated carbocycles. The molecule has 2 aromatic rings. The van der Waals surface area contributed by atoms with Crippen LogP contribution in [0.15, 0.2) is 42.7 Å². The highest BCUT2D eigenvalue weighted by molar-refractivity contribution is 5.83. The molecule has 0 aliphatic carbocycles.